The van der Waals surface area contributed by atoms with Gasteiger partial charge in [0.1, 0.15) is 0 Å². The van der Waals surface area contributed by atoms with Crippen molar-refractivity contribution in [3.05, 3.63) is 45.1 Å². The van der Waals surface area contributed by atoms with Crippen molar-refractivity contribution in [2.75, 3.05) is 32.0 Å². The maximum absolute atomic E-state index is 12.5. The Morgan fingerprint density at radius 1 is 1.07 bits per heavy atom. The van der Waals surface area contributed by atoms with E-state index >= 15 is 0 Å². The molecule has 0 fully saturated rings. The second kappa shape index (κ2) is 9.64. The van der Waals surface area contributed by atoms with Gasteiger partial charge in [0.2, 0.25) is 15.9 Å². The van der Waals surface area contributed by atoms with Crippen molar-refractivity contribution in [2.45, 2.75) is 18.7 Å². The number of hydrogen-bond donors (Lipinski definition) is 1. The van der Waals surface area contributed by atoms with Crippen LogP contribution in [0.5, 0.6) is 0 Å². The Morgan fingerprint density at radius 2 is 1.68 bits per heavy atom. The monoisotopic (exact) mass is 487 g/mol. The van der Waals surface area contributed by atoms with Gasteiger partial charge in [-0.2, -0.15) is 4.31 Å². The van der Waals surface area contributed by atoms with Crippen molar-refractivity contribution >= 4 is 54.8 Å². The lowest BCUT2D eigenvalue weighted by atomic mass is 10.3. The van der Waals surface area contributed by atoms with E-state index in [4.69, 9.17) is 0 Å². The average Bonchev–Trinajstić information content (AvgIpc) is 3.08. The van der Waals surface area contributed by atoms with E-state index in [1.165, 1.54) is 44.8 Å². The lowest BCUT2D eigenvalue weighted by molar-refractivity contribution is -0.116. The van der Waals surface area contributed by atoms with Crippen molar-refractivity contribution in [3.63, 3.8) is 0 Å². The molecule has 2 rings (SSSR count). The second-order valence-corrected chi connectivity index (χ2v) is 10.3. The van der Waals surface area contributed by atoms with Gasteiger partial charge in [-0.25, -0.2) is 8.42 Å². The number of anilines is 1. The first-order chi connectivity index (χ1) is 13.2. The van der Waals surface area contributed by atoms with Gasteiger partial charge in [0.05, 0.1) is 20.1 Å². The number of nitrogens with one attached hydrogen (secondary N) is 1. The number of benzene rings is 1. The molecule has 1 N–H and O–H groups in total. The Morgan fingerprint density at radius 3 is 2.18 bits per heavy atom. The van der Waals surface area contributed by atoms with Crippen molar-refractivity contribution in [1.82, 2.24) is 9.21 Å². The molecule has 0 atom stereocenters. The Balaban J connectivity index is 2.00. The molecule has 1 heterocycles. The summed E-state index contributed by atoms with van der Waals surface area (Å²) in [6.45, 7) is 4.22. The Kier molecular flexibility index (Phi) is 7.76. The molecule has 0 unspecified atom stereocenters. The zero-order chi connectivity index (χ0) is 20.9. The third-order valence-corrected chi connectivity index (χ3v) is 7.67. The summed E-state index contributed by atoms with van der Waals surface area (Å²) in [4.78, 5) is 26.5. The molecule has 10 heteroatoms. The molecule has 1 aromatic carbocycles. The van der Waals surface area contributed by atoms with E-state index in [1.807, 2.05) is 0 Å². The summed E-state index contributed by atoms with van der Waals surface area (Å²) in [6.07, 6.45) is 0. The van der Waals surface area contributed by atoms with Gasteiger partial charge in [-0.05, 0) is 52.3 Å². The number of amides is 2. The van der Waals surface area contributed by atoms with Crippen molar-refractivity contribution in [3.8, 4) is 0 Å². The minimum Gasteiger partial charge on any atom is -0.332 e. The van der Waals surface area contributed by atoms with Crippen molar-refractivity contribution in [1.29, 1.82) is 0 Å². The number of sulfonamides is 1. The quantitative estimate of drug-likeness (QED) is 0.618. The molecule has 0 aliphatic carbocycles. The Bertz CT molecular complexity index is 938. The van der Waals surface area contributed by atoms with Crippen LogP contribution in [0.3, 0.4) is 0 Å². The highest BCUT2D eigenvalue weighted by atomic mass is 79.9. The van der Waals surface area contributed by atoms with Crippen LogP contribution >= 0.6 is 27.3 Å². The van der Waals surface area contributed by atoms with Gasteiger partial charge < -0.3 is 10.2 Å². The molecule has 0 spiro atoms. The minimum absolute atomic E-state index is 0.117. The van der Waals surface area contributed by atoms with Crippen LogP contribution in [-0.2, 0) is 14.8 Å². The normalized spacial score (nSPS) is 11.5. The van der Waals surface area contributed by atoms with Gasteiger partial charge in [-0.3, -0.25) is 9.59 Å². The molecule has 0 aliphatic rings. The third-order valence-electron chi connectivity index (χ3n) is 3.99. The van der Waals surface area contributed by atoms with Crippen LogP contribution in [-0.4, -0.2) is 56.1 Å². The molecule has 2 amide bonds. The SMILES string of the molecule is CCN(CC)S(=O)(=O)c1ccc(NC(=O)CN(C)C(=O)c2ccc(Br)s2)cc1. The molecule has 1 aromatic heterocycles. The lowest BCUT2D eigenvalue weighted by Crippen LogP contribution is -2.34. The van der Waals surface area contributed by atoms with E-state index in [1.54, 1.807) is 33.0 Å². The molecule has 0 saturated heterocycles. The molecular formula is C18H22BrN3O4S2. The second-order valence-electron chi connectivity index (χ2n) is 5.93. The number of thiophene rings is 1. The Labute approximate surface area is 177 Å². The largest absolute Gasteiger partial charge is 0.332 e. The van der Waals surface area contributed by atoms with E-state index in [0.717, 1.165) is 3.79 Å². The van der Waals surface area contributed by atoms with Crippen LogP contribution in [0.25, 0.3) is 0 Å². The minimum atomic E-state index is -3.54. The number of carbonyl (C=O) groups excluding carboxylic acids is 2. The molecule has 28 heavy (non-hydrogen) atoms. The predicted molar refractivity (Wildman–Crippen MR) is 114 cm³/mol. The number of rotatable bonds is 8. The average molecular weight is 488 g/mol. The van der Waals surface area contributed by atoms with E-state index in [9.17, 15) is 18.0 Å². The molecule has 0 bridgehead atoms. The van der Waals surface area contributed by atoms with E-state index < -0.39 is 10.0 Å². The fourth-order valence-corrected chi connectivity index (χ4v) is 5.37. The van der Waals surface area contributed by atoms with Crippen LogP contribution in [0.15, 0.2) is 45.1 Å². The number of halogens is 1. The van der Waals surface area contributed by atoms with Gasteiger partial charge in [0, 0.05) is 25.8 Å². The van der Waals surface area contributed by atoms with Crippen LogP contribution in [0.2, 0.25) is 0 Å². The lowest BCUT2D eigenvalue weighted by Gasteiger charge is -2.19. The first kappa shape index (κ1) is 22.5. The van der Waals surface area contributed by atoms with Gasteiger partial charge in [0.25, 0.3) is 5.91 Å². The summed E-state index contributed by atoms with van der Waals surface area (Å²) in [5, 5.41) is 2.67. The highest BCUT2D eigenvalue weighted by Gasteiger charge is 2.21. The molecule has 0 aliphatic heterocycles. The molecule has 152 valence electrons. The van der Waals surface area contributed by atoms with Crippen molar-refractivity contribution < 1.29 is 18.0 Å². The molecule has 2 aromatic rings. The number of nitrogens with zero attached hydrogens (tertiary/aromatic N) is 2. The standard InChI is InChI=1S/C18H22BrN3O4S2/c1-4-22(5-2)28(25,26)14-8-6-13(7-9-14)20-17(23)12-21(3)18(24)15-10-11-16(19)27-15/h6-11H,4-5,12H2,1-3H3,(H,20,23). The zero-order valence-corrected chi connectivity index (χ0v) is 19.0. The first-order valence-corrected chi connectivity index (χ1v) is 11.6. The van der Waals surface area contributed by atoms with Crippen LogP contribution < -0.4 is 5.32 Å². The van der Waals surface area contributed by atoms with Gasteiger partial charge in [0.15, 0.2) is 0 Å². The van der Waals surface area contributed by atoms with E-state index in [2.05, 4.69) is 21.2 Å². The van der Waals surface area contributed by atoms with Gasteiger partial charge in [-0.15, -0.1) is 11.3 Å². The number of likely N-dealkylation sites (N-methyl/N-ethyl adjacent to an activating group) is 1. The van der Waals surface area contributed by atoms with E-state index in [0.29, 0.717) is 23.7 Å². The summed E-state index contributed by atoms with van der Waals surface area (Å²) >= 11 is 4.60. The molecule has 0 saturated carbocycles. The summed E-state index contributed by atoms with van der Waals surface area (Å²) in [6, 6.07) is 9.46. The first-order valence-electron chi connectivity index (χ1n) is 8.59. The fraction of sp³-hybridized carbons (Fsp3) is 0.333. The predicted octanol–water partition coefficient (Wildman–Crippen LogP) is 3.25. The smallest absolute Gasteiger partial charge is 0.264 e. The Hall–Kier alpha value is -1.75. The molecule has 0 radical (unpaired) electrons. The molecule has 7 nitrogen and oxygen atoms in total. The summed E-state index contributed by atoms with van der Waals surface area (Å²) < 4.78 is 27.2. The van der Waals surface area contributed by atoms with Crippen LogP contribution in [0.4, 0.5) is 5.69 Å². The maximum Gasteiger partial charge on any atom is 0.264 e. The van der Waals surface area contributed by atoms with Gasteiger partial charge >= 0.3 is 0 Å². The maximum atomic E-state index is 12.5. The molecular weight excluding hydrogens is 466 g/mol. The third kappa shape index (κ3) is 5.40. The highest BCUT2D eigenvalue weighted by Crippen LogP contribution is 2.23. The number of hydrogen-bond acceptors (Lipinski definition) is 5. The highest BCUT2D eigenvalue weighted by molar-refractivity contribution is 9.11. The fourth-order valence-electron chi connectivity index (χ4n) is 2.53. The summed E-state index contributed by atoms with van der Waals surface area (Å²) in [5.41, 5.74) is 0.461. The van der Waals surface area contributed by atoms with Gasteiger partial charge in [-0.1, -0.05) is 13.8 Å². The summed E-state index contributed by atoms with van der Waals surface area (Å²) in [5.74, 6) is -0.614. The number of carbonyl (C=O) groups is 2. The van der Waals surface area contributed by atoms with E-state index in [-0.39, 0.29) is 23.3 Å². The van der Waals surface area contributed by atoms with Crippen LogP contribution in [0.1, 0.15) is 23.5 Å². The topological polar surface area (TPSA) is 86.8 Å². The summed E-state index contributed by atoms with van der Waals surface area (Å²) in [7, 11) is -1.99. The zero-order valence-electron chi connectivity index (χ0n) is 15.8. The van der Waals surface area contributed by atoms with Crippen molar-refractivity contribution in [2.24, 2.45) is 0 Å². The van der Waals surface area contributed by atoms with Crippen LogP contribution in [0, 0.1) is 0 Å².